The molecule has 0 bridgehead atoms. The van der Waals surface area contributed by atoms with Crippen molar-refractivity contribution in [2.75, 3.05) is 9.80 Å². The van der Waals surface area contributed by atoms with Gasteiger partial charge in [0.2, 0.25) is 0 Å². The summed E-state index contributed by atoms with van der Waals surface area (Å²) in [4.78, 5) is 15.7. The third kappa shape index (κ3) is 5.81. The zero-order valence-corrected chi connectivity index (χ0v) is 38.1. The van der Waals surface area contributed by atoms with E-state index in [1.807, 2.05) is 0 Å². The zero-order valence-electron chi connectivity index (χ0n) is 38.1. The lowest BCUT2D eigenvalue weighted by Crippen LogP contribution is -2.53. The molecule has 9 aromatic carbocycles. The summed E-state index contributed by atoms with van der Waals surface area (Å²) in [5.74, 6) is 2.00. The number of anilines is 2. The van der Waals surface area contributed by atoms with Crippen molar-refractivity contribution >= 4 is 66.1 Å². The minimum Gasteiger partial charge on any atom is -0.318 e. The SMILES string of the molecule is CC1(C)N=C(c2ccc(-c3c4ccccc4c(-c4ccc(C5=NC(C)(C)C(C)(C)N5c5ccccc5)cc4)c4c5ccccc5c5ccccc5c34)cc2)N(c2ccccc2)C1(C)C. The molecule has 0 saturated heterocycles. The molecular formula is C60H54N4. The van der Waals surface area contributed by atoms with Gasteiger partial charge in [-0.1, -0.05) is 158 Å². The Bertz CT molecular complexity index is 3130. The summed E-state index contributed by atoms with van der Waals surface area (Å²) >= 11 is 0. The van der Waals surface area contributed by atoms with Crippen molar-refractivity contribution in [2.45, 2.75) is 77.5 Å². The van der Waals surface area contributed by atoms with E-state index in [0.29, 0.717) is 0 Å². The molecule has 0 fully saturated rings. The van der Waals surface area contributed by atoms with Crippen LogP contribution in [-0.2, 0) is 0 Å². The minimum absolute atomic E-state index is 0.234. The summed E-state index contributed by atoms with van der Waals surface area (Å²) in [7, 11) is 0. The van der Waals surface area contributed by atoms with E-state index >= 15 is 0 Å². The molecule has 11 rings (SSSR count). The molecule has 0 atom stereocenters. The van der Waals surface area contributed by atoms with Gasteiger partial charge in [0.1, 0.15) is 11.7 Å². The summed E-state index contributed by atoms with van der Waals surface area (Å²) in [5.41, 5.74) is 8.31. The van der Waals surface area contributed by atoms with E-state index in [0.717, 1.165) is 34.2 Å². The average molecular weight is 831 g/mol. The Morgan fingerprint density at radius 3 is 0.922 bits per heavy atom. The maximum atomic E-state index is 5.42. The lowest BCUT2D eigenvalue weighted by atomic mass is 9.81. The van der Waals surface area contributed by atoms with Crippen molar-refractivity contribution in [3.05, 3.63) is 193 Å². The summed E-state index contributed by atoms with van der Waals surface area (Å²) in [5, 5.41) is 10.0. The largest absolute Gasteiger partial charge is 0.318 e. The molecule has 9 aromatic rings. The Hall–Kier alpha value is -7.04. The normalized spacial score (nSPS) is 17.4. The quantitative estimate of drug-likeness (QED) is 0.123. The van der Waals surface area contributed by atoms with Crippen molar-refractivity contribution in [3.8, 4) is 22.3 Å². The minimum atomic E-state index is -0.295. The van der Waals surface area contributed by atoms with Crippen LogP contribution < -0.4 is 9.80 Å². The predicted molar refractivity (Wildman–Crippen MR) is 275 cm³/mol. The standard InChI is InChI=1S/C60H54N4/c1-57(2)59(5,6)63(43-21-11-9-12-22-43)55(61-57)41-35-31-39(32-36-41)51-49-29-19-20-30-50(49)52(54-48-28-18-16-26-46(48)45-25-15-17-27-47(45)53(51)54)40-33-37-42(38-34-40)56-62-58(3,4)60(7,8)64(56)44-23-13-10-14-24-44/h9-38H,1-8H3. The molecule has 0 amide bonds. The fraction of sp³-hybridized carbons (Fsp3) is 0.200. The lowest BCUT2D eigenvalue weighted by molar-refractivity contribution is 0.338. The monoisotopic (exact) mass is 830 g/mol. The molecule has 0 saturated carbocycles. The van der Waals surface area contributed by atoms with E-state index in [2.05, 4.69) is 247 Å². The summed E-state index contributed by atoms with van der Waals surface area (Å²) in [6.07, 6.45) is 0. The third-order valence-electron chi connectivity index (χ3n) is 15.1. The predicted octanol–water partition coefficient (Wildman–Crippen LogP) is 15.3. The summed E-state index contributed by atoms with van der Waals surface area (Å²) < 4.78 is 0. The smallest absolute Gasteiger partial charge is 0.136 e. The Morgan fingerprint density at radius 2 is 0.578 bits per heavy atom. The van der Waals surface area contributed by atoms with E-state index in [4.69, 9.17) is 9.98 Å². The zero-order chi connectivity index (χ0) is 44.2. The highest BCUT2D eigenvalue weighted by Crippen LogP contribution is 2.50. The number of hydrogen-bond donors (Lipinski definition) is 0. The first kappa shape index (κ1) is 39.8. The van der Waals surface area contributed by atoms with Crippen LogP contribution in [0.15, 0.2) is 192 Å². The lowest BCUT2D eigenvalue weighted by Gasteiger charge is -2.41. The Balaban J connectivity index is 1.13. The molecule has 64 heavy (non-hydrogen) atoms. The fourth-order valence-corrected chi connectivity index (χ4v) is 10.4. The molecule has 314 valence electrons. The van der Waals surface area contributed by atoms with Crippen LogP contribution in [0.5, 0.6) is 0 Å². The van der Waals surface area contributed by atoms with E-state index in [-0.39, 0.29) is 22.2 Å². The van der Waals surface area contributed by atoms with Gasteiger partial charge < -0.3 is 9.80 Å². The van der Waals surface area contributed by atoms with E-state index in [1.165, 1.54) is 65.3 Å². The van der Waals surface area contributed by atoms with Crippen LogP contribution in [0.3, 0.4) is 0 Å². The number of amidine groups is 2. The van der Waals surface area contributed by atoms with Gasteiger partial charge in [0.05, 0.1) is 22.2 Å². The first-order chi connectivity index (χ1) is 30.8. The number of hydrogen-bond acceptors (Lipinski definition) is 4. The number of benzene rings is 9. The number of nitrogens with zero attached hydrogens (tertiary/aromatic N) is 4. The molecule has 0 spiro atoms. The number of fused-ring (bicyclic) bond motifs is 7. The Kier molecular flexibility index (Phi) is 8.85. The van der Waals surface area contributed by atoms with Crippen LogP contribution in [0.2, 0.25) is 0 Å². The van der Waals surface area contributed by atoms with Crippen molar-refractivity contribution in [1.29, 1.82) is 0 Å². The maximum absolute atomic E-state index is 5.42. The molecule has 2 heterocycles. The summed E-state index contributed by atoms with van der Waals surface area (Å²) in [6.45, 7) is 18.2. The molecular weight excluding hydrogens is 777 g/mol. The highest BCUT2D eigenvalue weighted by atomic mass is 15.3. The van der Waals surface area contributed by atoms with E-state index in [1.54, 1.807) is 0 Å². The molecule has 0 N–H and O–H groups in total. The van der Waals surface area contributed by atoms with Gasteiger partial charge in [-0.2, -0.15) is 0 Å². The van der Waals surface area contributed by atoms with Crippen molar-refractivity contribution in [2.24, 2.45) is 9.98 Å². The van der Waals surface area contributed by atoms with Crippen LogP contribution in [0.25, 0.3) is 65.3 Å². The van der Waals surface area contributed by atoms with Crippen LogP contribution in [0.1, 0.15) is 66.5 Å². The molecule has 0 aromatic heterocycles. The first-order valence-electron chi connectivity index (χ1n) is 22.7. The molecule has 4 heteroatoms. The average Bonchev–Trinajstić information content (AvgIpc) is 3.63. The topological polar surface area (TPSA) is 31.2 Å². The molecule has 2 aliphatic heterocycles. The third-order valence-corrected chi connectivity index (χ3v) is 15.1. The van der Waals surface area contributed by atoms with Gasteiger partial charge in [-0.05, 0) is 145 Å². The van der Waals surface area contributed by atoms with Crippen LogP contribution >= 0.6 is 0 Å². The maximum Gasteiger partial charge on any atom is 0.136 e. The second kappa shape index (κ2) is 14.2. The highest BCUT2D eigenvalue weighted by Gasteiger charge is 2.51. The first-order valence-corrected chi connectivity index (χ1v) is 22.7. The summed E-state index contributed by atoms with van der Waals surface area (Å²) in [6, 6.07) is 66.8. The van der Waals surface area contributed by atoms with Crippen molar-refractivity contribution < 1.29 is 0 Å². The second-order valence-corrected chi connectivity index (χ2v) is 19.7. The Labute approximate surface area is 377 Å². The highest BCUT2D eigenvalue weighted by molar-refractivity contribution is 6.36. The molecule has 0 unspecified atom stereocenters. The van der Waals surface area contributed by atoms with Gasteiger partial charge in [0.25, 0.3) is 0 Å². The fourth-order valence-electron chi connectivity index (χ4n) is 10.4. The van der Waals surface area contributed by atoms with Gasteiger partial charge in [0.15, 0.2) is 0 Å². The van der Waals surface area contributed by atoms with Crippen LogP contribution in [0.4, 0.5) is 11.4 Å². The number of rotatable bonds is 6. The van der Waals surface area contributed by atoms with Gasteiger partial charge >= 0.3 is 0 Å². The second-order valence-electron chi connectivity index (χ2n) is 19.7. The van der Waals surface area contributed by atoms with E-state index < -0.39 is 0 Å². The Morgan fingerprint density at radius 1 is 0.297 bits per heavy atom. The number of para-hydroxylation sites is 2. The van der Waals surface area contributed by atoms with Gasteiger partial charge in [-0.3, -0.25) is 9.98 Å². The van der Waals surface area contributed by atoms with Crippen LogP contribution in [-0.4, -0.2) is 33.8 Å². The number of aliphatic imine (C=N–C) groups is 2. The van der Waals surface area contributed by atoms with Crippen molar-refractivity contribution in [1.82, 2.24) is 0 Å². The van der Waals surface area contributed by atoms with Gasteiger partial charge in [0, 0.05) is 22.5 Å². The molecule has 2 aliphatic rings. The molecule has 0 aliphatic carbocycles. The van der Waals surface area contributed by atoms with Gasteiger partial charge in [-0.15, -0.1) is 0 Å². The molecule has 4 nitrogen and oxygen atoms in total. The van der Waals surface area contributed by atoms with Gasteiger partial charge in [-0.25, -0.2) is 0 Å². The van der Waals surface area contributed by atoms with E-state index in [9.17, 15) is 0 Å². The van der Waals surface area contributed by atoms with Crippen molar-refractivity contribution in [3.63, 3.8) is 0 Å². The molecule has 0 radical (unpaired) electrons. The van der Waals surface area contributed by atoms with Crippen LogP contribution in [0, 0.1) is 0 Å².